The van der Waals surface area contributed by atoms with Crippen LogP contribution in [0.15, 0.2) is 24.3 Å². The number of aryl methyl sites for hydroxylation is 1. The highest BCUT2D eigenvalue weighted by Crippen LogP contribution is 2.35. The lowest BCUT2D eigenvalue weighted by Crippen LogP contribution is -2.51. The van der Waals surface area contributed by atoms with Gasteiger partial charge in [0.25, 0.3) is 0 Å². The van der Waals surface area contributed by atoms with E-state index >= 15 is 0 Å². The largest absolute Gasteiger partial charge is 0.381 e. The number of hydrogen-bond donors (Lipinski definition) is 2. The molecule has 1 aromatic rings. The molecule has 0 aliphatic carbocycles. The Hall–Kier alpha value is -1.39. The lowest BCUT2D eigenvalue weighted by Gasteiger charge is -2.37. The number of hydrogen-bond acceptors (Lipinski definition) is 3. The zero-order valence-corrected chi connectivity index (χ0v) is 12.3. The van der Waals surface area contributed by atoms with Crippen molar-refractivity contribution in [1.82, 2.24) is 5.32 Å². The van der Waals surface area contributed by atoms with Gasteiger partial charge in [0.2, 0.25) is 5.91 Å². The predicted molar refractivity (Wildman–Crippen MR) is 79.6 cm³/mol. The fourth-order valence-corrected chi connectivity index (χ4v) is 2.66. The van der Waals surface area contributed by atoms with E-state index in [0.717, 1.165) is 18.4 Å². The molecule has 3 N–H and O–H groups in total. The van der Waals surface area contributed by atoms with Crippen LogP contribution in [-0.4, -0.2) is 31.7 Å². The van der Waals surface area contributed by atoms with Crippen molar-refractivity contribution in [2.45, 2.75) is 38.1 Å². The Morgan fingerprint density at radius 3 is 2.50 bits per heavy atom. The van der Waals surface area contributed by atoms with Gasteiger partial charge in [0.15, 0.2) is 0 Å². The van der Waals surface area contributed by atoms with Crippen molar-refractivity contribution in [3.63, 3.8) is 0 Å². The fourth-order valence-electron chi connectivity index (χ4n) is 2.66. The lowest BCUT2D eigenvalue weighted by atomic mass is 9.73. The molecule has 0 spiro atoms. The van der Waals surface area contributed by atoms with E-state index in [2.05, 4.69) is 36.5 Å². The molecule has 110 valence electrons. The van der Waals surface area contributed by atoms with Crippen molar-refractivity contribution < 1.29 is 9.53 Å². The van der Waals surface area contributed by atoms with Gasteiger partial charge in [-0.25, -0.2) is 0 Å². The number of nitrogens with one attached hydrogen (secondary N) is 1. The third-order valence-corrected chi connectivity index (χ3v) is 4.12. The van der Waals surface area contributed by atoms with E-state index in [1.54, 1.807) is 0 Å². The average Bonchev–Trinajstić information content (AvgIpc) is 2.48. The maximum absolute atomic E-state index is 12.8. The molecule has 2 rings (SSSR count). The first-order chi connectivity index (χ1) is 9.58. The molecule has 1 aliphatic heterocycles. The molecule has 1 atom stereocenters. The summed E-state index contributed by atoms with van der Waals surface area (Å²) in [5.41, 5.74) is 7.41. The molecule has 0 saturated carbocycles. The van der Waals surface area contributed by atoms with Gasteiger partial charge >= 0.3 is 0 Å². The van der Waals surface area contributed by atoms with E-state index in [9.17, 15) is 4.79 Å². The zero-order chi connectivity index (χ0) is 14.6. The zero-order valence-electron chi connectivity index (χ0n) is 12.3. The van der Waals surface area contributed by atoms with Crippen molar-refractivity contribution in [3.8, 4) is 0 Å². The number of amides is 1. The standard InChI is InChI=1S/C16H24N2O2/c1-12-3-5-14(6-4-12)16(7-9-20-10-8-16)15(19)18-13(2)11-17/h3-6,13H,7-11,17H2,1-2H3,(H,18,19)/t13-/m0/s1. The van der Waals surface area contributed by atoms with Crippen LogP contribution in [-0.2, 0) is 14.9 Å². The van der Waals surface area contributed by atoms with Crippen LogP contribution in [0.2, 0.25) is 0 Å². The SMILES string of the molecule is Cc1ccc(C2(C(=O)N[C@@H](C)CN)CCOCC2)cc1. The van der Waals surface area contributed by atoms with Crippen LogP contribution in [0.5, 0.6) is 0 Å². The summed E-state index contributed by atoms with van der Waals surface area (Å²) in [4.78, 5) is 12.8. The second kappa shape index (κ2) is 6.37. The van der Waals surface area contributed by atoms with Crippen molar-refractivity contribution in [3.05, 3.63) is 35.4 Å². The molecule has 4 nitrogen and oxygen atoms in total. The van der Waals surface area contributed by atoms with Crippen molar-refractivity contribution in [2.24, 2.45) is 5.73 Å². The minimum atomic E-state index is -0.477. The Kier molecular flexibility index (Phi) is 4.78. The van der Waals surface area contributed by atoms with Crippen LogP contribution in [0.1, 0.15) is 30.9 Å². The molecule has 4 heteroatoms. The smallest absolute Gasteiger partial charge is 0.231 e. The summed E-state index contributed by atoms with van der Waals surface area (Å²) in [6.45, 7) is 5.68. The number of carbonyl (C=O) groups is 1. The molecule has 0 bridgehead atoms. The number of rotatable bonds is 4. The summed E-state index contributed by atoms with van der Waals surface area (Å²) in [6.07, 6.45) is 1.44. The minimum absolute atomic E-state index is 0.00679. The highest BCUT2D eigenvalue weighted by Gasteiger charge is 2.41. The van der Waals surface area contributed by atoms with Crippen molar-refractivity contribution in [1.29, 1.82) is 0 Å². The maximum Gasteiger partial charge on any atom is 0.231 e. The van der Waals surface area contributed by atoms with Crippen LogP contribution >= 0.6 is 0 Å². The normalized spacial score (nSPS) is 19.4. The molecular weight excluding hydrogens is 252 g/mol. The fraction of sp³-hybridized carbons (Fsp3) is 0.562. The summed E-state index contributed by atoms with van der Waals surface area (Å²) < 4.78 is 5.45. The molecule has 0 aromatic heterocycles. The molecule has 1 heterocycles. The van der Waals surface area contributed by atoms with Crippen LogP contribution in [0.3, 0.4) is 0 Å². The number of benzene rings is 1. The highest BCUT2D eigenvalue weighted by molar-refractivity contribution is 5.88. The van der Waals surface area contributed by atoms with Gasteiger partial charge < -0.3 is 15.8 Å². The Morgan fingerprint density at radius 1 is 1.35 bits per heavy atom. The average molecular weight is 276 g/mol. The van der Waals surface area contributed by atoms with Gasteiger partial charge in [-0.3, -0.25) is 4.79 Å². The Labute approximate surface area is 120 Å². The first-order valence-corrected chi connectivity index (χ1v) is 7.24. The molecule has 1 amide bonds. The second-order valence-electron chi connectivity index (χ2n) is 5.67. The lowest BCUT2D eigenvalue weighted by molar-refractivity contribution is -0.131. The Morgan fingerprint density at radius 2 is 1.95 bits per heavy atom. The third kappa shape index (κ3) is 3.02. The summed E-state index contributed by atoms with van der Waals surface area (Å²) in [7, 11) is 0. The monoisotopic (exact) mass is 276 g/mol. The van der Waals surface area contributed by atoms with Crippen molar-refractivity contribution in [2.75, 3.05) is 19.8 Å². The first-order valence-electron chi connectivity index (χ1n) is 7.24. The van der Waals surface area contributed by atoms with Gasteiger partial charge in [-0.05, 0) is 32.3 Å². The molecule has 1 fully saturated rings. The Bertz CT molecular complexity index is 450. The van der Waals surface area contributed by atoms with Crippen LogP contribution in [0, 0.1) is 6.92 Å². The van der Waals surface area contributed by atoms with Crippen molar-refractivity contribution >= 4 is 5.91 Å². The van der Waals surface area contributed by atoms with Gasteiger partial charge in [0.05, 0.1) is 5.41 Å². The van der Waals surface area contributed by atoms with Gasteiger partial charge in [-0.15, -0.1) is 0 Å². The molecule has 20 heavy (non-hydrogen) atoms. The summed E-state index contributed by atoms with van der Waals surface area (Å²) >= 11 is 0. The van der Waals surface area contributed by atoms with Crippen LogP contribution < -0.4 is 11.1 Å². The molecular formula is C16H24N2O2. The minimum Gasteiger partial charge on any atom is -0.381 e. The molecule has 1 aliphatic rings. The quantitative estimate of drug-likeness (QED) is 0.876. The predicted octanol–water partition coefficient (Wildman–Crippen LogP) is 1.51. The van der Waals surface area contributed by atoms with Crippen LogP contribution in [0.25, 0.3) is 0 Å². The Balaban J connectivity index is 2.29. The number of nitrogens with two attached hydrogens (primary N) is 1. The van der Waals surface area contributed by atoms with E-state index in [1.807, 2.05) is 6.92 Å². The van der Waals surface area contributed by atoms with Gasteiger partial charge in [0.1, 0.15) is 0 Å². The van der Waals surface area contributed by atoms with Gasteiger partial charge in [-0.1, -0.05) is 29.8 Å². The second-order valence-corrected chi connectivity index (χ2v) is 5.67. The van der Waals surface area contributed by atoms with Gasteiger partial charge in [0, 0.05) is 25.8 Å². The maximum atomic E-state index is 12.8. The van der Waals surface area contributed by atoms with E-state index in [0.29, 0.717) is 19.8 Å². The topological polar surface area (TPSA) is 64.4 Å². The number of carbonyl (C=O) groups excluding carboxylic acids is 1. The first kappa shape index (κ1) is 15.0. The van der Waals surface area contributed by atoms with E-state index in [1.165, 1.54) is 5.56 Å². The molecule has 1 saturated heterocycles. The van der Waals surface area contributed by atoms with Crippen LogP contribution in [0.4, 0.5) is 0 Å². The van der Waals surface area contributed by atoms with Gasteiger partial charge in [-0.2, -0.15) is 0 Å². The molecule has 0 radical (unpaired) electrons. The van der Waals surface area contributed by atoms with E-state index in [4.69, 9.17) is 10.5 Å². The number of ether oxygens (including phenoxy) is 1. The third-order valence-electron chi connectivity index (χ3n) is 4.12. The molecule has 0 unspecified atom stereocenters. The molecule has 1 aromatic carbocycles. The van der Waals surface area contributed by atoms with E-state index < -0.39 is 5.41 Å². The summed E-state index contributed by atoms with van der Waals surface area (Å²) in [6, 6.07) is 8.24. The summed E-state index contributed by atoms with van der Waals surface area (Å²) in [5, 5.41) is 3.03. The highest BCUT2D eigenvalue weighted by atomic mass is 16.5. The van der Waals surface area contributed by atoms with E-state index in [-0.39, 0.29) is 11.9 Å². The summed E-state index contributed by atoms with van der Waals surface area (Å²) in [5.74, 6) is 0.0719.